The number of benzene rings is 1. The van der Waals surface area contributed by atoms with Crippen LogP contribution in [-0.4, -0.2) is 11.9 Å². The zero-order valence-corrected chi connectivity index (χ0v) is 11.7. The molecule has 0 saturated heterocycles. The lowest BCUT2D eigenvalue weighted by Gasteiger charge is -2.11. The molecule has 0 atom stereocenters. The highest BCUT2D eigenvalue weighted by molar-refractivity contribution is 5.77. The van der Waals surface area contributed by atoms with E-state index in [-0.39, 0.29) is 6.79 Å². The molecule has 2 heterocycles. The number of nitrogens with zero attached hydrogens (tertiary/aromatic N) is 1. The number of nitrogens with two attached hydrogens (primary N) is 1. The van der Waals surface area contributed by atoms with E-state index in [9.17, 15) is 0 Å². The molecule has 0 fully saturated rings. The van der Waals surface area contributed by atoms with Crippen molar-refractivity contribution in [2.75, 3.05) is 12.5 Å². The van der Waals surface area contributed by atoms with Crippen LogP contribution >= 0.6 is 0 Å². The van der Waals surface area contributed by atoms with Crippen LogP contribution in [0.2, 0.25) is 0 Å². The highest BCUT2D eigenvalue weighted by atomic mass is 16.7. The molecule has 0 unspecified atom stereocenters. The molecule has 20 heavy (non-hydrogen) atoms. The minimum absolute atomic E-state index is 0.261. The maximum atomic E-state index is 5.99. The Labute approximate surface area is 117 Å². The number of ether oxygens (including phenoxy) is 2. The third-order valence-corrected chi connectivity index (χ3v) is 3.76. The van der Waals surface area contributed by atoms with Crippen molar-refractivity contribution in [2.45, 2.75) is 32.6 Å². The van der Waals surface area contributed by atoms with E-state index in [0.29, 0.717) is 11.7 Å². The number of anilines is 1. The maximum Gasteiger partial charge on any atom is 0.231 e. The molecule has 2 N–H and O–H groups in total. The molecule has 1 aliphatic heterocycles. The topological polar surface area (TPSA) is 70.5 Å². The molecular weight excluding hydrogens is 256 g/mol. The molecule has 0 aliphatic carbocycles. The molecular formula is C15H18N2O3. The second-order valence-corrected chi connectivity index (χ2v) is 4.89. The molecule has 2 aromatic rings. The molecule has 0 saturated carbocycles. The van der Waals surface area contributed by atoms with Gasteiger partial charge >= 0.3 is 0 Å². The van der Waals surface area contributed by atoms with Gasteiger partial charge in [-0.2, -0.15) is 0 Å². The Morgan fingerprint density at radius 3 is 2.70 bits per heavy atom. The first-order valence-corrected chi connectivity index (χ1v) is 6.89. The average Bonchev–Trinajstić information content (AvgIpc) is 3.06. The summed E-state index contributed by atoms with van der Waals surface area (Å²) >= 11 is 0. The number of rotatable bonds is 4. The summed E-state index contributed by atoms with van der Waals surface area (Å²) in [4.78, 5) is 0. The molecule has 0 amide bonds. The van der Waals surface area contributed by atoms with Crippen LogP contribution in [-0.2, 0) is 0 Å². The maximum absolute atomic E-state index is 5.99. The van der Waals surface area contributed by atoms with Gasteiger partial charge in [-0.05, 0) is 30.5 Å². The summed E-state index contributed by atoms with van der Waals surface area (Å²) in [6.07, 6.45) is 1.98. The van der Waals surface area contributed by atoms with Gasteiger partial charge in [0.15, 0.2) is 17.3 Å². The van der Waals surface area contributed by atoms with E-state index in [1.54, 1.807) is 0 Å². The first-order chi connectivity index (χ1) is 9.74. The summed E-state index contributed by atoms with van der Waals surface area (Å²) in [6, 6.07) is 5.78. The van der Waals surface area contributed by atoms with Crippen molar-refractivity contribution in [3.63, 3.8) is 0 Å². The van der Waals surface area contributed by atoms with Gasteiger partial charge < -0.3 is 19.7 Å². The molecule has 0 spiro atoms. The Bertz CT molecular complexity index is 618. The van der Waals surface area contributed by atoms with Crippen LogP contribution < -0.4 is 15.2 Å². The van der Waals surface area contributed by atoms with Gasteiger partial charge in [0.25, 0.3) is 0 Å². The number of hydrogen-bond donors (Lipinski definition) is 1. The Kier molecular flexibility index (Phi) is 3.26. The van der Waals surface area contributed by atoms with E-state index in [1.807, 2.05) is 18.2 Å². The SMILES string of the molecule is CCC(CC)c1onc(N)c1-c1ccc2c(c1)OCO2. The summed E-state index contributed by atoms with van der Waals surface area (Å²) in [7, 11) is 0. The van der Waals surface area contributed by atoms with Gasteiger partial charge in [0, 0.05) is 5.92 Å². The van der Waals surface area contributed by atoms with Crippen LogP contribution in [0.3, 0.4) is 0 Å². The van der Waals surface area contributed by atoms with Gasteiger partial charge in [-0.15, -0.1) is 0 Å². The molecule has 3 rings (SSSR count). The minimum Gasteiger partial charge on any atom is -0.454 e. The third kappa shape index (κ3) is 1.99. The van der Waals surface area contributed by atoms with Crippen molar-refractivity contribution in [3.8, 4) is 22.6 Å². The van der Waals surface area contributed by atoms with E-state index >= 15 is 0 Å². The summed E-state index contributed by atoms with van der Waals surface area (Å²) < 4.78 is 16.2. The second kappa shape index (κ2) is 5.07. The van der Waals surface area contributed by atoms with Crippen molar-refractivity contribution in [1.82, 2.24) is 5.16 Å². The average molecular weight is 274 g/mol. The molecule has 0 radical (unpaired) electrons. The number of hydrogen-bond acceptors (Lipinski definition) is 5. The molecule has 0 bridgehead atoms. The first kappa shape index (κ1) is 12.8. The van der Waals surface area contributed by atoms with E-state index in [4.69, 9.17) is 19.7 Å². The highest BCUT2D eigenvalue weighted by Crippen LogP contribution is 2.41. The predicted molar refractivity (Wildman–Crippen MR) is 75.8 cm³/mol. The summed E-state index contributed by atoms with van der Waals surface area (Å²) in [5, 5.41) is 3.93. The van der Waals surface area contributed by atoms with E-state index < -0.39 is 0 Å². The fourth-order valence-corrected chi connectivity index (χ4v) is 2.60. The quantitative estimate of drug-likeness (QED) is 0.923. The standard InChI is InChI=1S/C15H18N2O3/c1-3-9(4-2)14-13(15(16)17-20-14)10-5-6-11-12(7-10)19-8-18-11/h5-7,9H,3-4,8H2,1-2H3,(H2,16,17). The van der Waals surface area contributed by atoms with E-state index in [2.05, 4.69) is 19.0 Å². The van der Waals surface area contributed by atoms with Crippen LogP contribution in [0, 0.1) is 0 Å². The molecule has 1 aromatic heterocycles. The van der Waals surface area contributed by atoms with Crippen LogP contribution in [0.15, 0.2) is 22.7 Å². The molecule has 106 valence electrons. The van der Waals surface area contributed by atoms with Crippen molar-refractivity contribution >= 4 is 5.82 Å². The Balaban J connectivity index is 2.07. The van der Waals surface area contributed by atoms with E-state index in [0.717, 1.165) is 41.2 Å². The van der Waals surface area contributed by atoms with Gasteiger partial charge in [0.2, 0.25) is 6.79 Å². The fraction of sp³-hybridized carbons (Fsp3) is 0.400. The smallest absolute Gasteiger partial charge is 0.231 e. The molecule has 1 aromatic carbocycles. The number of aromatic nitrogens is 1. The van der Waals surface area contributed by atoms with Gasteiger partial charge in [-0.3, -0.25) is 0 Å². The number of fused-ring (bicyclic) bond motifs is 1. The zero-order valence-electron chi connectivity index (χ0n) is 11.7. The molecule has 5 nitrogen and oxygen atoms in total. The fourth-order valence-electron chi connectivity index (χ4n) is 2.60. The largest absolute Gasteiger partial charge is 0.454 e. The third-order valence-electron chi connectivity index (χ3n) is 3.76. The predicted octanol–water partition coefficient (Wildman–Crippen LogP) is 3.56. The zero-order chi connectivity index (χ0) is 14.1. The van der Waals surface area contributed by atoms with Crippen LogP contribution in [0.5, 0.6) is 11.5 Å². The summed E-state index contributed by atoms with van der Waals surface area (Å²) in [5.41, 5.74) is 7.81. The highest BCUT2D eigenvalue weighted by Gasteiger charge is 2.23. The summed E-state index contributed by atoms with van der Waals surface area (Å²) in [5.74, 6) is 3.09. The van der Waals surface area contributed by atoms with Gasteiger partial charge in [-0.1, -0.05) is 25.1 Å². The Hall–Kier alpha value is -2.17. The first-order valence-electron chi connectivity index (χ1n) is 6.89. The monoisotopic (exact) mass is 274 g/mol. The summed E-state index contributed by atoms with van der Waals surface area (Å²) in [6.45, 7) is 4.53. The Morgan fingerprint density at radius 1 is 1.20 bits per heavy atom. The van der Waals surface area contributed by atoms with Gasteiger partial charge in [0.05, 0.1) is 5.56 Å². The molecule has 5 heteroatoms. The second-order valence-electron chi connectivity index (χ2n) is 4.89. The van der Waals surface area contributed by atoms with Crippen LogP contribution in [0.4, 0.5) is 5.82 Å². The number of nitrogen functional groups attached to an aromatic ring is 1. The van der Waals surface area contributed by atoms with Crippen molar-refractivity contribution < 1.29 is 14.0 Å². The molecule has 1 aliphatic rings. The van der Waals surface area contributed by atoms with Crippen molar-refractivity contribution in [3.05, 3.63) is 24.0 Å². The van der Waals surface area contributed by atoms with Gasteiger partial charge in [-0.25, -0.2) is 0 Å². The van der Waals surface area contributed by atoms with Crippen LogP contribution in [0.25, 0.3) is 11.1 Å². The lowest BCUT2D eigenvalue weighted by molar-refractivity contribution is 0.174. The van der Waals surface area contributed by atoms with Gasteiger partial charge in [0.1, 0.15) is 5.76 Å². The normalized spacial score (nSPS) is 13.2. The lowest BCUT2D eigenvalue weighted by atomic mass is 9.93. The van der Waals surface area contributed by atoms with E-state index in [1.165, 1.54) is 0 Å². The van der Waals surface area contributed by atoms with Crippen molar-refractivity contribution in [1.29, 1.82) is 0 Å². The lowest BCUT2D eigenvalue weighted by Crippen LogP contribution is -1.97. The van der Waals surface area contributed by atoms with Crippen LogP contribution in [0.1, 0.15) is 38.4 Å². The van der Waals surface area contributed by atoms with Crippen molar-refractivity contribution in [2.24, 2.45) is 0 Å². The minimum atomic E-state index is 0.261. The Morgan fingerprint density at radius 2 is 1.95 bits per heavy atom.